The van der Waals surface area contributed by atoms with Gasteiger partial charge in [-0.2, -0.15) is 5.26 Å². The number of nitrogens with zero attached hydrogens (tertiary/aromatic N) is 1. The Bertz CT molecular complexity index is 457. The molecule has 1 aromatic carbocycles. The minimum Gasteiger partial charge on any atom is -0.385 e. The lowest BCUT2D eigenvalue weighted by atomic mass is 9.88. The zero-order valence-electron chi connectivity index (χ0n) is 11.8. The zero-order chi connectivity index (χ0) is 14.3. The first kappa shape index (κ1) is 15.0. The highest BCUT2D eigenvalue weighted by atomic mass is 16.1. The van der Waals surface area contributed by atoms with Crippen molar-refractivity contribution in [3.05, 3.63) is 29.8 Å². The molecule has 1 amide bonds. The number of hydrogen-bond acceptors (Lipinski definition) is 3. The monoisotopic (exact) mass is 259 g/mol. The number of benzene rings is 1. The van der Waals surface area contributed by atoms with Gasteiger partial charge in [0.15, 0.2) is 0 Å². The predicted octanol–water partition coefficient (Wildman–Crippen LogP) is 2.79. The number of carbonyl (C=O) groups is 1. The van der Waals surface area contributed by atoms with Crippen LogP contribution in [0.3, 0.4) is 0 Å². The van der Waals surface area contributed by atoms with E-state index in [1.165, 1.54) is 0 Å². The summed E-state index contributed by atoms with van der Waals surface area (Å²) in [6.07, 6.45) is 1.44. The van der Waals surface area contributed by atoms with Gasteiger partial charge in [-0.15, -0.1) is 0 Å². The summed E-state index contributed by atoms with van der Waals surface area (Å²) < 4.78 is 0. The second-order valence-corrected chi connectivity index (χ2v) is 5.33. The third-order valence-electron chi connectivity index (χ3n) is 3.06. The van der Waals surface area contributed by atoms with Crippen LogP contribution in [-0.4, -0.2) is 19.5 Å². The summed E-state index contributed by atoms with van der Waals surface area (Å²) in [6, 6.07) is 9.55. The Kier molecular flexibility index (Phi) is 5.37. The van der Waals surface area contributed by atoms with Crippen LogP contribution in [0.15, 0.2) is 24.3 Å². The van der Waals surface area contributed by atoms with Crippen LogP contribution in [0.4, 0.5) is 5.69 Å². The van der Waals surface area contributed by atoms with E-state index in [0.717, 1.165) is 18.7 Å². The third kappa shape index (κ3) is 5.01. The highest BCUT2D eigenvalue weighted by molar-refractivity contribution is 5.94. The Hall–Kier alpha value is -2.02. The molecule has 1 rings (SSSR count). The summed E-state index contributed by atoms with van der Waals surface area (Å²) in [5.74, 6) is -0.0825. The number of carbonyl (C=O) groups excluding carboxylic acids is 1. The minimum absolute atomic E-state index is 0.0786. The van der Waals surface area contributed by atoms with Gasteiger partial charge >= 0.3 is 0 Å². The van der Waals surface area contributed by atoms with Crippen LogP contribution in [0.1, 0.15) is 37.0 Å². The summed E-state index contributed by atoms with van der Waals surface area (Å²) >= 11 is 0. The molecule has 0 atom stereocenters. The van der Waals surface area contributed by atoms with Gasteiger partial charge in [0, 0.05) is 31.3 Å². The number of hydrogen-bond donors (Lipinski definition) is 2. The zero-order valence-corrected chi connectivity index (χ0v) is 11.8. The molecular formula is C15H21N3O. The van der Waals surface area contributed by atoms with E-state index in [2.05, 4.69) is 30.6 Å². The van der Waals surface area contributed by atoms with Crippen molar-refractivity contribution in [2.24, 2.45) is 5.41 Å². The van der Waals surface area contributed by atoms with Crippen molar-refractivity contribution < 1.29 is 4.79 Å². The normalized spacial score (nSPS) is 10.6. The minimum atomic E-state index is -0.0825. The van der Waals surface area contributed by atoms with Gasteiger partial charge in [0.25, 0.3) is 5.91 Å². The summed E-state index contributed by atoms with van der Waals surface area (Å²) in [5.41, 5.74) is 1.71. The van der Waals surface area contributed by atoms with Gasteiger partial charge in [0.05, 0.1) is 6.07 Å². The lowest BCUT2D eigenvalue weighted by Crippen LogP contribution is -2.23. The number of nitrogens with one attached hydrogen (secondary N) is 2. The molecule has 0 saturated carbocycles. The van der Waals surface area contributed by atoms with E-state index in [-0.39, 0.29) is 11.3 Å². The molecule has 0 unspecified atom stereocenters. The standard InChI is InChI=1S/C15H21N3O/c1-15(2,9-4-10-16)11-18-13-7-5-12(6-8-13)14(19)17-3/h5-8,18H,4,9,11H2,1-3H3,(H,17,19). The van der Waals surface area contributed by atoms with Gasteiger partial charge in [0.2, 0.25) is 0 Å². The first-order valence-electron chi connectivity index (χ1n) is 6.41. The quantitative estimate of drug-likeness (QED) is 0.825. The molecule has 0 bridgehead atoms. The second-order valence-electron chi connectivity index (χ2n) is 5.33. The Morgan fingerprint density at radius 1 is 1.32 bits per heavy atom. The highest BCUT2D eigenvalue weighted by Crippen LogP contribution is 2.23. The maximum absolute atomic E-state index is 11.4. The molecule has 0 saturated heterocycles. The van der Waals surface area contributed by atoms with Crippen LogP contribution in [0.5, 0.6) is 0 Å². The van der Waals surface area contributed by atoms with E-state index in [9.17, 15) is 4.79 Å². The number of amides is 1. The summed E-state index contributed by atoms with van der Waals surface area (Å²) in [5, 5.41) is 14.5. The first-order chi connectivity index (χ1) is 8.98. The smallest absolute Gasteiger partial charge is 0.251 e. The molecule has 102 valence electrons. The molecule has 0 aliphatic heterocycles. The van der Waals surface area contributed by atoms with E-state index in [0.29, 0.717) is 12.0 Å². The van der Waals surface area contributed by atoms with Gasteiger partial charge in [0.1, 0.15) is 0 Å². The predicted molar refractivity (Wildman–Crippen MR) is 76.9 cm³/mol. The fourth-order valence-corrected chi connectivity index (χ4v) is 1.71. The molecule has 0 heterocycles. The molecule has 4 heteroatoms. The van der Waals surface area contributed by atoms with Crippen molar-refractivity contribution in [2.75, 3.05) is 18.9 Å². The van der Waals surface area contributed by atoms with Crippen molar-refractivity contribution in [1.82, 2.24) is 5.32 Å². The second kappa shape index (κ2) is 6.79. The Morgan fingerprint density at radius 2 is 1.95 bits per heavy atom. The van der Waals surface area contributed by atoms with Gasteiger partial charge in [-0.3, -0.25) is 4.79 Å². The maximum atomic E-state index is 11.4. The molecular weight excluding hydrogens is 238 g/mol. The Labute approximate surface area is 114 Å². The molecule has 2 N–H and O–H groups in total. The van der Waals surface area contributed by atoms with E-state index in [1.54, 1.807) is 19.2 Å². The molecule has 0 spiro atoms. The molecule has 0 aliphatic rings. The lowest BCUT2D eigenvalue weighted by molar-refractivity contribution is 0.0963. The first-order valence-corrected chi connectivity index (χ1v) is 6.41. The largest absolute Gasteiger partial charge is 0.385 e. The average Bonchev–Trinajstić information content (AvgIpc) is 2.43. The van der Waals surface area contributed by atoms with Gasteiger partial charge in [-0.25, -0.2) is 0 Å². The maximum Gasteiger partial charge on any atom is 0.251 e. The number of anilines is 1. The Morgan fingerprint density at radius 3 is 2.47 bits per heavy atom. The van der Waals surface area contributed by atoms with E-state index in [4.69, 9.17) is 5.26 Å². The van der Waals surface area contributed by atoms with E-state index >= 15 is 0 Å². The molecule has 19 heavy (non-hydrogen) atoms. The van der Waals surface area contributed by atoms with Crippen molar-refractivity contribution in [3.63, 3.8) is 0 Å². The summed E-state index contributed by atoms with van der Waals surface area (Å²) in [4.78, 5) is 11.4. The fraction of sp³-hybridized carbons (Fsp3) is 0.467. The van der Waals surface area contributed by atoms with E-state index in [1.807, 2.05) is 12.1 Å². The average molecular weight is 259 g/mol. The number of rotatable bonds is 6. The SMILES string of the molecule is CNC(=O)c1ccc(NCC(C)(C)CCC#N)cc1. The van der Waals surface area contributed by atoms with Crippen LogP contribution < -0.4 is 10.6 Å². The molecule has 0 fully saturated rings. The van der Waals surface area contributed by atoms with Gasteiger partial charge in [-0.1, -0.05) is 13.8 Å². The van der Waals surface area contributed by atoms with Gasteiger partial charge in [-0.05, 0) is 36.1 Å². The molecule has 1 aromatic rings. The fourth-order valence-electron chi connectivity index (χ4n) is 1.71. The molecule has 0 aromatic heterocycles. The highest BCUT2D eigenvalue weighted by Gasteiger charge is 2.16. The van der Waals surface area contributed by atoms with Crippen LogP contribution in [0.2, 0.25) is 0 Å². The van der Waals surface area contributed by atoms with Crippen LogP contribution >= 0.6 is 0 Å². The number of nitriles is 1. The summed E-state index contributed by atoms with van der Waals surface area (Å²) in [6.45, 7) is 5.07. The van der Waals surface area contributed by atoms with Crippen molar-refractivity contribution >= 4 is 11.6 Å². The third-order valence-corrected chi connectivity index (χ3v) is 3.06. The van der Waals surface area contributed by atoms with Crippen LogP contribution in [-0.2, 0) is 0 Å². The van der Waals surface area contributed by atoms with Crippen molar-refractivity contribution in [1.29, 1.82) is 5.26 Å². The van der Waals surface area contributed by atoms with E-state index < -0.39 is 0 Å². The molecule has 4 nitrogen and oxygen atoms in total. The van der Waals surface area contributed by atoms with Crippen molar-refractivity contribution in [2.45, 2.75) is 26.7 Å². The van der Waals surface area contributed by atoms with Crippen molar-refractivity contribution in [3.8, 4) is 6.07 Å². The molecule has 0 aliphatic carbocycles. The van der Waals surface area contributed by atoms with Crippen LogP contribution in [0, 0.1) is 16.7 Å². The van der Waals surface area contributed by atoms with Crippen LogP contribution in [0.25, 0.3) is 0 Å². The summed E-state index contributed by atoms with van der Waals surface area (Å²) in [7, 11) is 1.62. The Balaban J connectivity index is 2.54. The lowest BCUT2D eigenvalue weighted by Gasteiger charge is -2.24. The topological polar surface area (TPSA) is 64.9 Å². The molecule has 0 radical (unpaired) electrons. The van der Waals surface area contributed by atoms with Gasteiger partial charge < -0.3 is 10.6 Å².